The van der Waals surface area contributed by atoms with Crippen LogP contribution in [0.25, 0.3) is 0 Å². The van der Waals surface area contributed by atoms with E-state index >= 15 is 0 Å². The number of halogens is 3. The van der Waals surface area contributed by atoms with Gasteiger partial charge in [0.2, 0.25) is 11.8 Å². The van der Waals surface area contributed by atoms with Gasteiger partial charge in [-0.15, -0.1) is 0 Å². The van der Waals surface area contributed by atoms with Gasteiger partial charge in [-0.25, -0.2) is 0 Å². The Labute approximate surface area is 241 Å². The van der Waals surface area contributed by atoms with E-state index in [4.69, 9.17) is 14.6 Å². The van der Waals surface area contributed by atoms with Crippen LogP contribution in [-0.2, 0) is 22.3 Å². The van der Waals surface area contributed by atoms with Gasteiger partial charge in [-0.05, 0) is 62.3 Å². The van der Waals surface area contributed by atoms with Crippen LogP contribution in [0.2, 0.25) is 0 Å². The number of methoxy groups -OCH3 is 1. The van der Waals surface area contributed by atoms with Gasteiger partial charge in [0.1, 0.15) is 18.0 Å². The highest BCUT2D eigenvalue weighted by Crippen LogP contribution is 2.45. The molecule has 41 heavy (non-hydrogen) atoms. The lowest BCUT2D eigenvalue weighted by atomic mass is 9.92. The lowest BCUT2D eigenvalue weighted by Gasteiger charge is -2.46. The van der Waals surface area contributed by atoms with Crippen molar-refractivity contribution in [1.82, 2.24) is 24.5 Å². The molecule has 4 atom stereocenters. The molecule has 2 amide bonds. The third kappa shape index (κ3) is 5.31. The summed E-state index contributed by atoms with van der Waals surface area (Å²) in [4.78, 5) is 31.7. The summed E-state index contributed by atoms with van der Waals surface area (Å²) < 4.78 is 70.8. The van der Waals surface area contributed by atoms with E-state index in [1.54, 1.807) is 24.0 Å². The Balaban J connectivity index is 1.34. The molecule has 4 heterocycles. The fraction of sp³-hybridized carbons (Fsp3) is 0.621. The van der Waals surface area contributed by atoms with Gasteiger partial charge < -0.3 is 15.4 Å². The van der Waals surface area contributed by atoms with Gasteiger partial charge in [0, 0.05) is 43.7 Å². The molecule has 6 rings (SSSR count). The van der Waals surface area contributed by atoms with E-state index in [2.05, 4.69) is 14.9 Å². The molecule has 0 radical (unpaired) electrons. The van der Waals surface area contributed by atoms with E-state index in [0.29, 0.717) is 42.9 Å². The number of hydrogen-bond acceptors (Lipinski definition) is 6. The van der Waals surface area contributed by atoms with Gasteiger partial charge in [-0.1, -0.05) is 12.1 Å². The van der Waals surface area contributed by atoms with Crippen LogP contribution in [0.4, 0.5) is 13.2 Å². The second-order valence-corrected chi connectivity index (χ2v) is 11.8. The fourth-order valence-electron chi connectivity index (χ4n) is 7.30. The molecule has 1 aromatic carbocycles. The first-order valence-corrected chi connectivity index (χ1v) is 14.2. The Morgan fingerprint density at radius 2 is 1.85 bits per heavy atom. The monoisotopic (exact) mass is 577 g/mol. The number of primary amides is 1. The third-order valence-corrected chi connectivity index (χ3v) is 9.19. The molecule has 1 aliphatic carbocycles. The Morgan fingerprint density at radius 3 is 2.49 bits per heavy atom. The van der Waals surface area contributed by atoms with Crippen molar-refractivity contribution < 1.29 is 31.6 Å². The zero-order chi connectivity index (χ0) is 31.6. The first kappa shape index (κ1) is 24.5. The second kappa shape index (κ2) is 10.6. The molecule has 3 aliphatic heterocycles. The SMILES string of the molecule is [2H]C([2H])([2H])Oc1cccc([C@H]2[C@@H](N3C4CCC3CN(CC(N)=O)C4)CCN2C(=O)Cn2nc(C3CC3)cc2C(F)(F)F)c1C. The molecule has 2 aromatic rings. The van der Waals surface area contributed by atoms with E-state index in [0.717, 1.165) is 36.4 Å². The Kier molecular flexibility index (Phi) is 6.34. The maximum atomic E-state index is 14.0. The fourth-order valence-corrected chi connectivity index (χ4v) is 7.30. The number of carbonyl (C=O) groups is 2. The van der Waals surface area contributed by atoms with Crippen LogP contribution in [0.5, 0.6) is 5.75 Å². The maximum Gasteiger partial charge on any atom is 0.433 e. The lowest BCUT2D eigenvalue weighted by Crippen LogP contribution is -2.59. The predicted octanol–water partition coefficient (Wildman–Crippen LogP) is 3.07. The van der Waals surface area contributed by atoms with E-state index in [9.17, 15) is 22.8 Å². The summed E-state index contributed by atoms with van der Waals surface area (Å²) in [6.45, 7) is 2.95. The topological polar surface area (TPSA) is 96.9 Å². The molecule has 1 saturated carbocycles. The molecule has 4 fully saturated rings. The van der Waals surface area contributed by atoms with Crippen molar-refractivity contribution in [2.75, 3.05) is 33.2 Å². The largest absolute Gasteiger partial charge is 0.496 e. The Bertz CT molecular complexity index is 1420. The van der Waals surface area contributed by atoms with Crippen LogP contribution in [0.1, 0.15) is 70.7 Å². The Hall–Kier alpha value is -3.12. The molecule has 12 heteroatoms. The molecular formula is C29H37F3N6O3. The van der Waals surface area contributed by atoms with E-state index in [1.165, 1.54) is 0 Å². The summed E-state index contributed by atoms with van der Waals surface area (Å²) in [5.74, 6) is -0.731. The second-order valence-electron chi connectivity index (χ2n) is 11.8. The van der Waals surface area contributed by atoms with Crippen LogP contribution in [0.15, 0.2) is 24.3 Å². The number of benzene rings is 1. The van der Waals surface area contributed by atoms with Gasteiger partial charge in [0.15, 0.2) is 0 Å². The molecule has 2 N–H and O–H groups in total. The highest BCUT2D eigenvalue weighted by molar-refractivity contribution is 5.77. The van der Waals surface area contributed by atoms with Gasteiger partial charge >= 0.3 is 6.18 Å². The van der Waals surface area contributed by atoms with Crippen molar-refractivity contribution in [2.45, 2.75) is 81.8 Å². The number of nitrogens with two attached hydrogens (primary N) is 1. The number of carbonyl (C=O) groups excluding carboxylic acids is 2. The van der Waals surface area contributed by atoms with Crippen molar-refractivity contribution in [1.29, 1.82) is 0 Å². The van der Waals surface area contributed by atoms with Gasteiger partial charge in [0.05, 0.1) is 29.4 Å². The number of hydrogen-bond donors (Lipinski definition) is 1. The minimum absolute atomic E-state index is 0.0105. The molecule has 222 valence electrons. The smallest absolute Gasteiger partial charge is 0.433 e. The quantitative estimate of drug-likeness (QED) is 0.518. The Morgan fingerprint density at radius 1 is 1.12 bits per heavy atom. The zero-order valence-corrected chi connectivity index (χ0v) is 22.9. The van der Waals surface area contributed by atoms with E-state index in [1.807, 2.05) is 6.07 Å². The average molecular weight is 578 g/mol. The molecule has 3 saturated heterocycles. The van der Waals surface area contributed by atoms with Gasteiger partial charge in [-0.3, -0.25) is 24.1 Å². The van der Waals surface area contributed by atoms with Crippen molar-refractivity contribution in [2.24, 2.45) is 5.73 Å². The minimum Gasteiger partial charge on any atom is -0.496 e. The molecule has 0 spiro atoms. The number of likely N-dealkylation sites (tertiary alicyclic amines) is 2. The summed E-state index contributed by atoms with van der Waals surface area (Å²) in [7, 11) is -2.68. The van der Waals surface area contributed by atoms with Crippen molar-refractivity contribution >= 4 is 11.8 Å². The van der Waals surface area contributed by atoms with Crippen molar-refractivity contribution in [3.63, 3.8) is 0 Å². The highest BCUT2D eigenvalue weighted by Gasteiger charge is 2.50. The van der Waals surface area contributed by atoms with Crippen molar-refractivity contribution in [3.05, 3.63) is 46.8 Å². The summed E-state index contributed by atoms with van der Waals surface area (Å²) in [6.07, 6.45) is -0.701. The molecule has 4 aliphatic rings. The first-order valence-electron chi connectivity index (χ1n) is 15.7. The predicted molar refractivity (Wildman–Crippen MR) is 144 cm³/mol. The highest BCUT2D eigenvalue weighted by atomic mass is 19.4. The summed E-state index contributed by atoms with van der Waals surface area (Å²) in [5.41, 5.74) is 6.14. The van der Waals surface area contributed by atoms with Crippen molar-refractivity contribution in [3.8, 4) is 5.75 Å². The number of piperazine rings is 1. The number of alkyl halides is 3. The normalized spacial score (nSPS) is 28.4. The van der Waals surface area contributed by atoms with Crippen LogP contribution < -0.4 is 10.5 Å². The summed E-state index contributed by atoms with van der Waals surface area (Å²) >= 11 is 0. The zero-order valence-electron chi connectivity index (χ0n) is 25.9. The number of nitrogens with zero attached hydrogens (tertiary/aromatic N) is 5. The molecule has 1 aromatic heterocycles. The molecule has 9 nitrogen and oxygen atoms in total. The van der Waals surface area contributed by atoms with Crippen LogP contribution in [0, 0.1) is 6.92 Å². The number of ether oxygens (including phenoxy) is 1. The van der Waals surface area contributed by atoms with E-state index < -0.39 is 43.3 Å². The number of fused-ring (bicyclic) bond motifs is 2. The summed E-state index contributed by atoms with van der Waals surface area (Å²) in [6, 6.07) is 5.62. The molecular weight excluding hydrogens is 537 g/mol. The molecule has 2 bridgehead atoms. The molecule has 2 unspecified atom stereocenters. The van der Waals surface area contributed by atoms with E-state index in [-0.39, 0.29) is 36.3 Å². The van der Waals surface area contributed by atoms with Crippen LogP contribution in [-0.4, -0.2) is 87.6 Å². The maximum absolute atomic E-state index is 14.0. The lowest BCUT2D eigenvalue weighted by molar-refractivity contribution is -0.146. The van der Waals surface area contributed by atoms with Gasteiger partial charge in [-0.2, -0.15) is 18.3 Å². The minimum atomic E-state index is -4.66. The van der Waals surface area contributed by atoms with Crippen LogP contribution in [0.3, 0.4) is 0 Å². The third-order valence-electron chi connectivity index (χ3n) is 9.19. The standard InChI is InChI=1S/C29H37F3N6O3/c1-17-21(4-3-5-24(17)41-2)28-23(38-19-8-9-20(38)14-35(13-19)15-26(33)39)10-11-36(28)27(40)16-37-25(29(30,31)32)12-22(34-37)18-6-7-18/h3-5,12,18-20,23,28H,6-11,13-16H2,1-2H3,(H2,33,39)/t19?,20?,23-,28-/m0/s1/i2D3. The van der Waals surface area contributed by atoms with Crippen LogP contribution >= 0.6 is 0 Å². The number of aromatic nitrogens is 2. The number of amides is 2. The number of rotatable bonds is 8. The average Bonchev–Trinajstić information content (AvgIpc) is 3.43. The summed E-state index contributed by atoms with van der Waals surface area (Å²) in [5, 5.41) is 4.21. The van der Waals surface area contributed by atoms with Gasteiger partial charge in [0.25, 0.3) is 0 Å². The first-order chi connectivity index (χ1) is 20.7.